The zero-order chi connectivity index (χ0) is 29.9. The van der Waals surface area contributed by atoms with Crippen molar-refractivity contribution in [1.82, 2.24) is 10.2 Å². The lowest BCUT2D eigenvalue weighted by atomic mass is 9.95. The number of nitrogens with zero attached hydrogens (tertiary/aromatic N) is 1. The average Bonchev–Trinajstić information content (AvgIpc) is 2.98. The molecule has 0 saturated carbocycles. The summed E-state index contributed by atoms with van der Waals surface area (Å²) in [5.41, 5.74) is 5.46. The maximum atomic E-state index is 13.3. The molecule has 0 radical (unpaired) electrons. The molecule has 0 aromatic heterocycles. The highest BCUT2D eigenvalue weighted by atomic mass is 16.4. The van der Waals surface area contributed by atoms with Crippen LogP contribution in [0, 0.1) is 5.92 Å². The minimum Gasteiger partial charge on any atom is -0.481 e. The number of rotatable bonds is 11. The Hall–Kier alpha value is -4.46. The molecule has 1 saturated heterocycles. The number of carbonyl (C=O) groups is 4. The number of carbonyl (C=O) groups excluding carboxylic acids is 2. The highest BCUT2D eigenvalue weighted by Crippen LogP contribution is 2.25. The number of benzene rings is 3. The van der Waals surface area contributed by atoms with Gasteiger partial charge in [0.15, 0.2) is 0 Å². The van der Waals surface area contributed by atoms with E-state index in [4.69, 9.17) is 0 Å². The fraction of sp³-hybridized carbons (Fsp3) is 0.353. The maximum absolute atomic E-state index is 13.3. The molecule has 1 fully saturated rings. The fourth-order valence-electron chi connectivity index (χ4n) is 5.35. The predicted molar refractivity (Wildman–Crippen MR) is 161 cm³/mol. The van der Waals surface area contributed by atoms with Crippen LogP contribution < -0.4 is 5.32 Å². The van der Waals surface area contributed by atoms with Crippen molar-refractivity contribution < 1.29 is 29.4 Å². The molecule has 1 aliphatic heterocycles. The second kappa shape index (κ2) is 15.0. The van der Waals surface area contributed by atoms with E-state index >= 15 is 0 Å². The molecule has 0 aliphatic carbocycles. The van der Waals surface area contributed by atoms with Gasteiger partial charge in [-0.05, 0) is 59.9 Å². The molecule has 1 aliphatic rings. The number of hydrogen-bond acceptors (Lipinski definition) is 4. The molecular formula is C34H38N2O6. The van der Waals surface area contributed by atoms with Gasteiger partial charge >= 0.3 is 11.9 Å². The lowest BCUT2D eigenvalue weighted by molar-refractivity contribution is -0.144. The van der Waals surface area contributed by atoms with E-state index in [0.29, 0.717) is 38.6 Å². The first kappa shape index (κ1) is 30.5. The molecule has 42 heavy (non-hydrogen) atoms. The van der Waals surface area contributed by atoms with Crippen molar-refractivity contribution in [3.63, 3.8) is 0 Å². The summed E-state index contributed by atoms with van der Waals surface area (Å²) in [4.78, 5) is 50.4. The van der Waals surface area contributed by atoms with Gasteiger partial charge in [-0.3, -0.25) is 19.2 Å². The molecule has 3 N–H and O–H groups in total. The number of amides is 2. The molecule has 0 bridgehead atoms. The molecule has 3 aromatic rings. The molecule has 1 unspecified atom stereocenters. The highest BCUT2D eigenvalue weighted by molar-refractivity contribution is 5.88. The van der Waals surface area contributed by atoms with Gasteiger partial charge in [0.2, 0.25) is 11.8 Å². The average molecular weight is 571 g/mol. The summed E-state index contributed by atoms with van der Waals surface area (Å²) in [6, 6.07) is 25.6. The summed E-state index contributed by atoms with van der Waals surface area (Å²) in [5, 5.41) is 21.3. The number of carboxylic acids is 2. The molecular weight excluding hydrogens is 532 g/mol. The second-order valence-electron chi connectivity index (χ2n) is 10.8. The van der Waals surface area contributed by atoms with Crippen LogP contribution in [0.3, 0.4) is 0 Å². The van der Waals surface area contributed by atoms with Crippen LogP contribution in [0.15, 0.2) is 78.9 Å². The van der Waals surface area contributed by atoms with E-state index in [9.17, 15) is 29.4 Å². The van der Waals surface area contributed by atoms with Gasteiger partial charge in [-0.15, -0.1) is 0 Å². The lowest BCUT2D eigenvalue weighted by Gasteiger charge is -2.30. The zero-order valence-corrected chi connectivity index (χ0v) is 23.7. The number of aliphatic carboxylic acids is 2. The van der Waals surface area contributed by atoms with Gasteiger partial charge in [-0.1, -0.05) is 85.3 Å². The third-order valence-corrected chi connectivity index (χ3v) is 7.84. The van der Waals surface area contributed by atoms with E-state index in [1.807, 2.05) is 42.5 Å². The van der Waals surface area contributed by atoms with Gasteiger partial charge in [0.25, 0.3) is 0 Å². The van der Waals surface area contributed by atoms with Crippen LogP contribution in [0.1, 0.15) is 50.5 Å². The summed E-state index contributed by atoms with van der Waals surface area (Å²) in [7, 11) is 0. The van der Waals surface area contributed by atoms with Crippen molar-refractivity contribution in [3.05, 3.63) is 84.4 Å². The van der Waals surface area contributed by atoms with Crippen LogP contribution in [0.5, 0.6) is 0 Å². The van der Waals surface area contributed by atoms with Gasteiger partial charge in [-0.25, -0.2) is 0 Å². The van der Waals surface area contributed by atoms with Crippen LogP contribution >= 0.6 is 0 Å². The molecule has 8 heteroatoms. The molecule has 2 atom stereocenters. The van der Waals surface area contributed by atoms with Crippen molar-refractivity contribution in [1.29, 1.82) is 0 Å². The Morgan fingerprint density at radius 2 is 1.33 bits per heavy atom. The Labute approximate surface area is 246 Å². The molecule has 8 nitrogen and oxygen atoms in total. The second-order valence-corrected chi connectivity index (χ2v) is 10.8. The van der Waals surface area contributed by atoms with E-state index in [1.165, 1.54) is 5.56 Å². The quantitative estimate of drug-likeness (QED) is 0.283. The number of hydrogen-bond donors (Lipinski definition) is 3. The van der Waals surface area contributed by atoms with Crippen molar-refractivity contribution in [2.45, 2.75) is 57.4 Å². The summed E-state index contributed by atoms with van der Waals surface area (Å²) < 4.78 is 0. The number of nitrogens with one attached hydrogen (secondary N) is 1. The molecule has 220 valence electrons. The summed E-state index contributed by atoms with van der Waals surface area (Å²) >= 11 is 0. The smallest absolute Gasteiger partial charge is 0.306 e. The Morgan fingerprint density at radius 3 is 1.93 bits per heavy atom. The van der Waals surface area contributed by atoms with Crippen LogP contribution in [0.25, 0.3) is 22.3 Å². The molecule has 1 heterocycles. The van der Waals surface area contributed by atoms with Gasteiger partial charge in [0.1, 0.15) is 6.04 Å². The van der Waals surface area contributed by atoms with Crippen molar-refractivity contribution in [2.75, 3.05) is 13.1 Å². The predicted octanol–water partition coefficient (Wildman–Crippen LogP) is 5.41. The van der Waals surface area contributed by atoms with Crippen LogP contribution in [-0.2, 0) is 25.6 Å². The van der Waals surface area contributed by atoms with E-state index in [0.717, 1.165) is 22.3 Å². The first-order chi connectivity index (χ1) is 20.3. The minimum atomic E-state index is -1.05. The molecule has 3 aromatic carbocycles. The standard InChI is InChI=1S/C34H38N2O6/c37-31(35-30(18-20-32(38)39)33(40)36-22-5-4-8-29(21-23-36)34(41)42)19-11-24-9-12-26(13-10-24)28-16-14-27(15-17-28)25-6-2-1-3-7-25/h1-3,6-7,9-10,12-17,29-30H,4-5,8,11,18-23H2,(H,35,37)(H,38,39)(H,41,42)/t29?,30-/m0/s1. The first-order valence-electron chi connectivity index (χ1n) is 14.6. The minimum absolute atomic E-state index is 0.0173. The molecule has 4 rings (SSSR count). The number of likely N-dealkylation sites (tertiary alicyclic amines) is 1. The van der Waals surface area contributed by atoms with Crippen LogP contribution in [0.2, 0.25) is 0 Å². The molecule has 2 amide bonds. The van der Waals surface area contributed by atoms with E-state index in [2.05, 4.69) is 41.7 Å². The van der Waals surface area contributed by atoms with Gasteiger partial charge in [0.05, 0.1) is 5.92 Å². The third-order valence-electron chi connectivity index (χ3n) is 7.84. The third kappa shape index (κ3) is 8.77. The Kier molecular flexibility index (Phi) is 10.9. The lowest BCUT2D eigenvalue weighted by Crippen LogP contribution is -2.50. The zero-order valence-electron chi connectivity index (χ0n) is 23.7. The fourth-order valence-corrected chi connectivity index (χ4v) is 5.35. The van der Waals surface area contributed by atoms with Crippen molar-refractivity contribution >= 4 is 23.8 Å². The maximum Gasteiger partial charge on any atom is 0.306 e. The number of carboxylic acid groups (broad SMARTS) is 2. The van der Waals surface area contributed by atoms with E-state index < -0.39 is 23.9 Å². The summed E-state index contributed by atoms with van der Waals surface area (Å²) in [6.07, 6.45) is 2.65. The van der Waals surface area contributed by atoms with E-state index in [1.54, 1.807) is 4.90 Å². The summed E-state index contributed by atoms with van der Waals surface area (Å²) in [6.45, 7) is 0.739. The summed E-state index contributed by atoms with van der Waals surface area (Å²) in [5.74, 6) is -3.09. The molecule has 0 spiro atoms. The van der Waals surface area contributed by atoms with Crippen LogP contribution in [0.4, 0.5) is 0 Å². The highest BCUT2D eigenvalue weighted by Gasteiger charge is 2.29. The van der Waals surface area contributed by atoms with Crippen molar-refractivity contribution in [3.8, 4) is 22.3 Å². The van der Waals surface area contributed by atoms with Gasteiger partial charge in [-0.2, -0.15) is 0 Å². The van der Waals surface area contributed by atoms with Crippen molar-refractivity contribution in [2.24, 2.45) is 5.92 Å². The largest absolute Gasteiger partial charge is 0.481 e. The number of aryl methyl sites for hydroxylation is 1. The normalized spacial score (nSPS) is 16.1. The first-order valence-corrected chi connectivity index (χ1v) is 14.6. The Morgan fingerprint density at radius 1 is 0.738 bits per heavy atom. The SMILES string of the molecule is O=C(O)CC[C@H](NC(=O)CCc1ccc(-c2ccc(-c3ccccc3)cc2)cc1)C(=O)N1CCCCC(C(=O)O)CC1. The van der Waals surface area contributed by atoms with Gasteiger partial charge < -0.3 is 20.4 Å². The van der Waals surface area contributed by atoms with Gasteiger partial charge in [0, 0.05) is 25.9 Å². The monoisotopic (exact) mass is 570 g/mol. The Balaban J connectivity index is 1.33. The van der Waals surface area contributed by atoms with E-state index in [-0.39, 0.29) is 37.6 Å². The Bertz CT molecular complexity index is 1360. The topological polar surface area (TPSA) is 124 Å². The van der Waals surface area contributed by atoms with Crippen LogP contribution in [-0.4, -0.2) is 58.0 Å².